The summed E-state index contributed by atoms with van der Waals surface area (Å²) in [7, 11) is 0. The smallest absolute Gasteiger partial charge is 0.237 e. The fraction of sp³-hybridized carbons (Fsp3) is 0.333. The predicted molar refractivity (Wildman–Crippen MR) is 107 cm³/mol. The van der Waals surface area contributed by atoms with Crippen LogP contribution in [0.5, 0.6) is 0 Å². The molecule has 0 saturated heterocycles. The lowest BCUT2D eigenvalue weighted by atomic mass is 10.1. The molecule has 0 saturated carbocycles. The van der Waals surface area contributed by atoms with Crippen molar-refractivity contribution in [1.29, 1.82) is 0 Å². The number of nitrogens with one attached hydrogen (secondary N) is 2. The Morgan fingerprint density at radius 3 is 2.73 bits per heavy atom. The van der Waals surface area contributed by atoms with Gasteiger partial charge in [0.25, 0.3) is 0 Å². The van der Waals surface area contributed by atoms with E-state index >= 15 is 0 Å². The molecule has 136 valence electrons. The summed E-state index contributed by atoms with van der Waals surface area (Å²) in [5.74, 6) is 0.751. The summed E-state index contributed by atoms with van der Waals surface area (Å²) < 4.78 is 0. The molecule has 0 fully saturated rings. The molecule has 4 nitrogen and oxygen atoms in total. The van der Waals surface area contributed by atoms with Gasteiger partial charge in [-0.2, -0.15) is 0 Å². The van der Waals surface area contributed by atoms with Crippen LogP contribution in [0.2, 0.25) is 0 Å². The van der Waals surface area contributed by atoms with E-state index in [0.717, 1.165) is 24.9 Å². The van der Waals surface area contributed by atoms with Gasteiger partial charge in [-0.25, -0.2) is 0 Å². The fourth-order valence-electron chi connectivity index (χ4n) is 3.02. The van der Waals surface area contributed by atoms with Crippen molar-refractivity contribution in [3.05, 3.63) is 65.7 Å². The van der Waals surface area contributed by atoms with Gasteiger partial charge in [0.05, 0.1) is 5.25 Å². The van der Waals surface area contributed by atoms with Crippen LogP contribution < -0.4 is 10.6 Å². The number of hydrogen-bond acceptors (Lipinski definition) is 3. The van der Waals surface area contributed by atoms with Crippen molar-refractivity contribution < 1.29 is 9.59 Å². The highest BCUT2D eigenvalue weighted by Crippen LogP contribution is 2.27. The van der Waals surface area contributed by atoms with Crippen LogP contribution in [0.3, 0.4) is 0 Å². The molecule has 0 bridgehead atoms. The highest BCUT2D eigenvalue weighted by atomic mass is 32.2. The van der Waals surface area contributed by atoms with Gasteiger partial charge in [0, 0.05) is 24.4 Å². The number of anilines is 1. The Kier molecular flexibility index (Phi) is 6.72. The first-order valence-corrected chi connectivity index (χ1v) is 10.1. The highest BCUT2D eigenvalue weighted by molar-refractivity contribution is 8.00. The van der Waals surface area contributed by atoms with Gasteiger partial charge >= 0.3 is 0 Å². The van der Waals surface area contributed by atoms with Crippen LogP contribution in [0.15, 0.2) is 54.6 Å². The van der Waals surface area contributed by atoms with Gasteiger partial charge in [-0.05, 0) is 36.5 Å². The molecule has 2 aromatic rings. The summed E-state index contributed by atoms with van der Waals surface area (Å²) in [5, 5.41) is 5.86. The summed E-state index contributed by atoms with van der Waals surface area (Å²) in [4.78, 5) is 24.3. The minimum Gasteiger partial charge on any atom is -0.356 e. The first kappa shape index (κ1) is 18.5. The molecule has 0 unspecified atom stereocenters. The van der Waals surface area contributed by atoms with Gasteiger partial charge in [-0.1, -0.05) is 48.5 Å². The molecule has 1 aliphatic heterocycles. The van der Waals surface area contributed by atoms with Gasteiger partial charge < -0.3 is 10.6 Å². The van der Waals surface area contributed by atoms with E-state index in [-0.39, 0.29) is 17.1 Å². The molecular weight excluding hydrogens is 344 g/mol. The van der Waals surface area contributed by atoms with Crippen molar-refractivity contribution >= 4 is 29.3 Å². The Bertz CT molecular complexity index is 749. The lowest BCUT2D eigenvalue weighted by Crippen LogP contribution is -2.27. The zero-order chi connectivity index (χ0) is 18.2. The topological polar surface area (TPSA) is 58.2 Å². The van der Waals surface area contributed by atoms with Crippen molar-refractivity contribution in [2.24, 2.45) is 0 Å². The van der Waals surface area contributed by atoms with Gasteiger partial charge in [-0.3, -0.25) is 9.59 Å². The van der Waals surface area contributed by atoms with Crippen molar-refractivity contribution in [2.45, 2.75) is 30.9 Å². The summed E-state index contributed by atoms with van der Waals surface area (Å²) >= 11 is 1.57. The fourth-order valence-corrected chi connectivity index (χ4v) is 4.11. The number of fused-ring (bicyclic) bond motifs is 1. The van der Waals surface area contributed by atoms with Crippen LogP contribution >= 0.6 is 11.8 Å². The normalized spacial score (nSPS) is 16.3. The Balaban J connectivity index is 1.36. The van der Waals surface area contributed by atoms with Crippen LogP contribution in [0.25, 0.3) is 0 Å². The van der Waals surface area contributed by atoms with E-state index in [1.165, 1.54) is 11.1 Å². The Labute approximate surface area is 158 Å². The Morgan fingerprint density at radius 2 is 1.88 bits per heavy atom. The molecule has 1 atom stereocenters. The van der Waals surface area contributed by atoms with Crippen LogP contribution in [0.1, 0.15) is 24.0 Å². The number of para-hydroxylation sites is 1. The molecule has 1 heterocycles. The van der Waals surface area contributed by atoms with Crippen molar-refractivity contribution in [1.82, 2.24) is 5.32 Å². The molecule has 2 N–H and O–H groups in total. The zero-order valence-electron chi connectivity index (χ0n) is 14.7. The molecule has 3 rings (SSSR count). The highest BCUT2D eigenvalue weighted by Gasteiger charge is 2.23. The Hall–Kier alpha value is -2.27. The maximum absolute atomic E-state index is 12.3. The molecule has 2 aromatic carbocycles. The standard InChI is InChI=1S/C21H24N2O2S/c24-20(22-14-12-16-6-2-1-3-7-16)13-15-26-19-11-10-17-8-4-5-9-18(17)23-21(19)25/h1-9,19H,10-15H2,(H,22,24)(H,23,25)/t19-/m0/s1. The van der Waals surface area contributed by atoms with E-state index in [0.29, 0.717) is 18.7 Å². The minimum atomic E-state index is -0.0977. The summed E-state index contributed by atoms with van der Waals surface area (Å²) in [5.41, 5.74) is 3.32. The third-order valence-electron chi connectivity index (χ3n) is 4.47. The number of amides is 2. The third-order valence-corrected chi connectivity index (χ3v) is 5.76. The quantitative estimate of drug-likeness (QED) is 0.787. The van der Waals surface area contributed by atoms with Crippen molar-refractivity contribution in [3.8, 4) is 0 Å². The van der Waals surface area contributed by atoms with E-state index in [2.05, 4.69) is 28.8 Å². The first-order valence-electron chi connectivity index (χ1n) is 9.03. The average molecular weight is 369 g/mol. The number of benzene rings is 2. The SMILES string of the molecule is O=C(CCS[C@H]1CCc2ccccc2NC1=O)NCCc1ccccc1. The molecule has 2 amide bonds. The lowest BCUT2D eigenvalue weighted by Gasteiger charge is -2.12. The summed E-state index contributed by atoms with van der Waals surface area (Å²) in [6, 6.07) is 18.1. The van der Waals surface area contributed by atoms with E-state index in [9.17, 15) is 9.59 Å². The number of hydrogen-bond donors (Lipinski definition) is 2. The summed E-state index contributed by atoms with van der Waals surface area (Å²) in [6.45, 7) is 0.646. The van der Waals surface area contributed by atoms with Gasteiger partial charge in [0.15, 0.2) is 0 Å². The van der Waals surface area contributed by atoms with Gasteiger partial charge in [0.2, 0.25) is 11.8 Å². The number of thioether (sulfide) groups is 1. The number of rotatable bonds is 7. The first-order chi connectivity index (χ1) is 12.7. The molecule has 0 aromatic heterocycles. The minimum absolute atomic E-state index is 0.0458. The van der Waals surface area contributed by atoms with E-state index in [4.69, 9.17) is 0 Å². The van der Waals surface area contributed by atoms with Gasteiger partial charge in [-0.15, -0.1) is 11.8 Å². The molecule has 5 heteroatoms. The van der Waals surface area contributed by atoms with E-state index < -0.39 is 0 Å². The van der Waals surface area contributed by atoms with Crippen LogP contribution in [-0.2, 0) is 22.4 Å². The number of aryl methyl sites for hydroxylation is 1. The van der Waals surface area contributed by atoms with Crippen molar-refractivity contribution in [2.75, 3.05) is 17.6 Å². The van der Waals surface area contributed by atoms with Crippen LogP contribution in [0.4, 0.5) is 5.69 Å². The molecular formula is C21H24N2O2S. The predicted octanol–water partition coefficient (Wildman–Crippen LogP) is 3.42. The second-order valence-electron chi connectivity index (χ2n) is 6.38. The maximum atomic E-state index is 12.3. The molecule has 0 spiro atoms. The monoisotopic (exact) mass is 368 g/mol. The molecule has 0 aliphatic carbocycles. The average Bonchev–Trinajstić information content (AvgIpc) is 2.81. The third kappa shape index (κ3) is 5.36. The largest absolute Gasteiger partial charge is 0.356 e. The maximum Gasteiger partial charge on any atom is 0.237 e. The summed E-state index contributed by atoms with van der Waals surface area (Å²) in [6.07, 6.45) is 2.97. The Morgan fingerprint density at radius 1 is 1.12 bits per heavy atom. The van der Waals surface area contributed by atoms with E-state index in [1.807, 2.05) is 36.4 Å². The van der Waals surface area contributed by atoms with Crippen LogP contribution in [-0.4, -0.2) is 29.4 Å². The van der Waals surface area contributed by atoms with Crippen molar-refractivity contribution in [3.63, 3.8) is 0 Å². The second kappa shape index (κ2) is 9.43. The molecule has 26 heavy (non-hydrogen) atoms. The number of carbonyl (C=O) groups is 2. The zero-order valence-corrected chi connectivity index (χ0v) is 15.6. The van der Waals surface area contributed by atoms with E-state index in [1.54, 1.807) is 11.8 Å². The molecule has 1 aliphatic rings. The number of carbonyl (C=O) groups excluding carboxylic acids is 2. The lowest BCUT2D eigenvalue weighted by molar-refractivity contribution is -0.120. The second-order valence-corrected chi connectivity index (χ2v) is 7.69. The van der Waals surface area contributed by atoms with Gasteiger partial charge in [0.1, 0.15) is 0 Å². The van der Waals surface area contributed by atoms with Crippen LogP contribution in [0, 0.1) is 0 Å². The molecule has 0 radical (unpaired) electrons.